The zero-order chi connectivity index (χ0) is 16.1. The minimum absolute atomic E-state index is 0.542. The normalized spacial score (nSPS) is 10.9. The van der Waals surface area contributed by atoms with Crippen molar-refractivity contribution in [3.8, 4) is 0 Å². The second-order valence-corrected chi connectivity index (χ2v) is 5.42. The Morgan fingerprint density at radius 2 is 2.00 bits per heavy atom. The van der Waals surface area contributed by atoms with E-state index in [4.69, 9.17) is 4.52 Å². The first-order chi connectivity index (χ1) is 11.3. The molecule has 6 heteroatoms. The van der Waals surface area contributed by atoms with Gasteiger partial charge in [-0.2, -0.15) is 4.98 Å². The van der Waals surface area contributed by atoms with E-state index in [1.54, 1.807) is 0 Å². The van der Waals surface area contributed by atoms with E-state index in [0.717, 1.165) is 42.8 Å². The molecule has 3 rings (SSSR count). The molecule has 6 nitrogen and oxygen atoms in total. The van der Waals surface area contributed by atoms with Crippen LogP contribution >= 0.6 is 0 Å². The molecule has 0 spiro atoms. The van der Waals surface area contributed by atoms with Crippen LogP contribution in [0.15, 0.2) is 41.2 Å². The van der Waals surface area contributed by atoms with Crippen LogP contribution in [0.1, 0.15) is 19.0 Å². The summed E-state index contributed by atoms with van der Waals surface area (Å²) in [6, 6.07) is 10.4. The molecule has 0 bridgehead atoms. The molecule has 0 atom stereocenters. The lowest BCUT2D eigenvalue weighted by molar-refractivity contribution is 0.439. The van der Waals surface area contributed by atoms with Gasteiger partial charge in [0.25, 0.3) is 5.71 Å². The van der Waals surface area contributed by atoms with Crippen LogP contribution in [-0.2, 0) is 6.42 Å². The van der Waals surface area contributed by atoms with Crippen LogP contribution in [0.3, 0.4) is 0 Å². The van der Waals surface area contributed by atoms with E-state index >= 15 is 0 Å². The van der Waals surface area contributed by atoms with Gasteiger partial charge in [0.15, 0.2) is 0 Å². The Hall–Kier alpha value is -2.63. The minimum atomic E-state index is 0.542. The highest BCUT2D eigenvalue weighted by molar-refractivity contribution is 5.87. The number of hydrogen-bond acceptors (Lipinski definition) is 6. The summed E-state index contributed by atoms with van der Waals surface area (Å²) in [6.45, 7) is 3.84. The monoisotopic (exact) mass is 311 g/mol. The van der Waals surface area contributed by atoms with E-state index in [1.165, 1.54) is 12.0 Å². The van der Waals surface area contributed by atoms with E-state index in [0.29, 0.717) is 5.71 Å². The number of anilines is 2. The first-order valence-electron chi connectivity index (χ1n) is 7.89. The molecule has 0 unspecified atom stereocenters. The minimum Gasteiger partial charge on any atom is -0.375 e. The lowest BCUT2D eigenvalue weighted by atomic mass is 10.2. The van der Waals surface area contributed by atoms with Crippen LogP contribution in [-0.4, -0.2) is 35.3 Å². The summed E-state index contributed by atoms with van der Waals surface area (Å²) >= 11 is 0. The molecule has 23 heavy (non-hydrogen) atoms. The maximum Gasteiger partial charge on any atom is 0.263 e. The van der Waals surface area contributed by atoms with E-state index in [1.807, 2.05) is 13.0 Å². The highest BCUT2D eigenvalue weighted by atomic mass is 16.5. The summed E-state index contributed by atoms with van der Waals surface area (Å²) in [7, 11) is 2.10. The largest absolute Gasteiger partial charge is 0.375 e. The highest BCUT2D eigenvalue weighted by Gasteiger charge is 2.13. The molecule has 0 saturated carbocycles. The van der Waals surface area contributed by atoms with Gasteiger partial charge in [0.05, 0.1) is 5.69 Å². The maximum atomic E-state index is 5.23. The Balaban J connectivity index is 1.58. The van der Waals surface area contributed by atoms with Crippen molar-refractivity contribution in [3.05, 3.63) is 42.4 Å². The van der Waals surface area contributed by atoms with Gasteiger partial charge in [0.1, 0.15) is 17.5 Å². The Morgan fingerprint density at radius 3 is 2.78 bits per heavy atom. The third-order valence-corrected chi connectivity index (χ3v) is 3.84. The van der Waals surface area contributed by atoms with E-state index < -0.39 is 0 Å². The molecule has 0 aliphatic heterocycles. The molecule has 0 fully saturated rings. The molecule has 2 heterocycles. The average molecular weight is 311 g/mol. The molecule has 1 aromatic carbocycles. The highest BCUT2D eigenvalue weighted by Crippen LogP contribution is 2.23. The van der Waals surface area contributed by atoms with Crippen LogP contribution in [0, 0.1) is 0 Å². The van der Waals surface area contributed by atoms with Gasteiger partial charge < -0.3 is 14.7 Å². The number of nitrogens with one attached hydrogen (secondary N) is 1. The molecular formula is C17H21N5O. The number of hydrogen-bond donors (Lipinski definition) is 1. The Labute approximate surface area is 135 Å². The molecule has 0 aliphatic rings. The zero-order valence-electron chi connectivity index (χ0n) is 13.5. The number of nitrogens with zero attached hydrogens (tertiary/aromatic N) is 4. The Morgan fingerprint density at radius 1 is 1.17 bits per heavy atom. The van der Waals surface area contributed by atoms with Gasteiger partial charge in [0, 0.05) is 25.8 Å². The van der Waals surface area contributed by atoms with Gasteiger partial charge in [-0.05, 0) is 25.0 Å². The fourth-order valence-corrected chi connectivity index (χ4v) is 2.55. The SMILES string of the molecule is CCc1noc2ncnc(NCCCN(C)c3ccccc3)c12. The van der Waals surface area contributed by atoms with E-state index in [-0.39, 0.29) is 0 Å². The molecular weight excluding hydrogens is 290 g/mol. The van der Waals surface area contributed by atoms with Crippen molar-refractivity contribution in [1.29, 1.82) is 0 Å². The second-order valence-electron chi connectivity index (χ2n) is 5.42. The van der Waals surface area contributed by atoms with Gasteiger partial charge in [-0.25, -0.2) is 4.98 Å². The predicted octanol–water partition coefficient (Wildman–Crippen LogP) is 3.12. The van der Waals surface area contributed by atoms with E-state index in [9.17, 15) is 0 Å². The number of rotatable bonds is 7. The van der Waals surface area contributed by atoms with Crippen LogP contribution in [0.2, 0.25) is 0 Å². The van der Waals surface area contributed by atoms with Gasteiger partial charge in [-0.3, -0.25) is 0 Å². The first-order valence-corrected chi connectivity index (χ1v) is 7.89. The third-order valence-electron chi connectivity index (χ3n) is 3.84. The number of fused-ring (bicyclic) bond motifs is 1. The summed E-state index contributed by atoms with van der Waals surface area (Å²) in [5.74, 6) is 0.801. The number of para-hydroxylation sites is 1. The van der Waals surface area contributed by atoms with Crippen molar-refractivity contribution in [1.82, 2.24) is 15.1 Å². The summed E-state index contributed by atoms with van der Waals surface area (Å²) in [6.07, 6.45) is 3.31. The smallest absolute Gasteiger partial charge is 0.263 e. The lowest BCUT2D eigenvalue weighted by Gasteiger charge is -2.19. The lowest BCUT2D eigenvalue weighted by Crippen LogP contribution is -2.20. The van der Waals surface area contributed by atoms with Gasteiger partial charge in [-0.15, -0.1) is 0 Å². The number of aromatic nitrogens is 3. The van der Waals surface area contributed by atoms with E-state index in [2.05, 4.69) is 56.7 Å². The molecule has 0 amide bonds. The summed E-state index contributed by atoms with van der Waals surface area (Å²) < 4.78 is 5.23. The van der Waals surface area contributed by atoms with Crippen molar-refractivity contribution in [3.63, 3.8) is 0 Å². The molecule has 1 N–H and O–H groups in total. The third kappa shape index (κ3) is 3.41. The predicted molar refractivity (Wildman–Crippen MR) is 91.8 cm³/mol. The van der Waals surface area contributed by atoms with Crippen LogP contribution in [0.5, 0.6) is 0 Å². The van der Waals surface area contributed by atoms with Gasteiger partial charge >= 0.3 is 0 Å². The van der Waals surface area contributed by atoms with Crippen LogP contribution in [0.4, 0.5) is 11.5 Å². The average Bonchev–Trinajstić information content (AvgIpc) is 3.03. The molecule has 0 radical (unpaired) electrons. The maximum absolute atomic E-state index is 5.23. The topological polar surface area (TPSA) is 67.1 Å². The molecule has 0 saturated heterocycles. The standard InChI is InChI=1S/C17H21N5O/c1-3-14-15-16(19-12-20-17(15)23-21-14)18-10-7-11-22(2)13-8-5-4-6-9-13/h4-6,8-9,12H,3,7,10-11H2,1-2H3,(H,18,19,20). The number of benzene rings is 1. The van der Waals surface area contributed by atoms with Gasteiger partial charge in [-0.1, -0.05) is 30.3 Å². The van der Waals surface area contributed by atoms with Crippen LogP contribution in [0.25, 0.3) is 11.1 Å². The summed E-state index contributed by atoms with van der Waals surface area (Å²) in [4.78, 5) is 10.7. The fraction of sp³-hybridized carbons (Fsp3) is 0.353. The van der Waals surface area contributed by atoms with Crippen molar-refractivity contribution in [2.24, 2.45) is 0 Å². The molecule has 120 valence electrons. The fourth-order valence-electron chi connectivity index (χ4n) is 2.55. The summed E-state index contributed by atoms with van der Waals surface area (Å²) in [5, 5.41) is 8.32. The Kier molecular flexibility index (Phi) is 4.71. The zero-order valence-corrected chi connectivity index (χ0v) is 13.5. The molecule has 2 aromatic heterocycles. The summed E-state index contributed by atoms with van der Waals surface area (Å²) in [5.41, 5.74) is 2.66. The molecule has 3 aromatic rings. The van der Waals surface area contributed by atoms with Crippen molar-refractivity contribution in [2.45, 2.75) is 19.8 Å². The molecule has 0 aliphatic carbocycles. The first kappa shape index (κ1) is 15.3. The quantitative estimate of drug-likeness (QED) is 0.676. The second kappa shape index (κ2) is 7.09. The van der Waals surface area contributed by atoms with Crippen LogP contribution < -0.4 is 10.2 Å². The van der Waals surface area contributed by atoms with Crippen molar-refractivity contribution in [2.75, 3.05) is 30.4 Å². The van der Waals surface area contributed by atoms with Crippen molar-refractivity contribution < 1.29 is 4.52 Å². The Bertz CT molecular complexity index is 756. The van der Waals surface area contributed by atoms with Gasteiger partial charge in [0.2, 0.25) is 0 Å². The number of aryl methyl sites for hydroxylation is 1. The van der Waals surface area contributed by atoms with Crippen molar-refractivity contribution >= 4 is 22.6 Å².